The smallest absolute Gasteiger partial charge is 0.426 e. The van der Waals surface area contributed by atoms with Gasteiger partial charge >= 0.3 is 43.0 Å². The van der Waals surface area contributed by atoms with Crippen molar-refractivity contribution in [2.24, 2.45) is 0 Å². The number of benzene rings is 2. The lowest BCUT2D eigenvalue weighted by molar-refractivity contribution is -0.143. The number of carbonyl (C=O) groups excluding carboxylic acids is 4. The zero-order valence-corrected chi connectivity index (χ0v) is 28.0. The highest BCUT2D eigenvalue weighted by Gasteiger charge is 2.48. The van der Waals surface area contributed by atoms with E-state index in [4.69, 9.17) is 9.84 Å². The fraction of sp³-hybridized carbons (Fsp3) is 0.346. The molecule has 5 N–H and O–H groups in total. The van der Waals surface area contributed by atoms with Crippen LogP contribution in [-0.4, -0.2) is 118 Å². The minimum Gasteiger partial charge on any atom is -0.480 e. The van der Waals surface area contributed by atoms with Crippen LogP contribution in [0.3, 0.4) is 0 Å². The molecular weight excluding hydrogens is 720 g/mol. The SMILES string of the molecule is C[C@H](C(=O)N([C@H](C)C(=O)N([C@H](C)C(=O)NCC(=O)O)S(=O)(=O)O)S(=O)(=O)O)N(C(=O)OCC1c2ccccc2-c2ccccc21)S(=O)(=O)O. The van der Waals surface area contributed by atoms with E-state index in [1.54, 1.807) is 53.8 Å². The van der Waals surface area contributed by atoms with Crippen molar-refractivity contribution < 1.29 is 72.7 Å². The number of aliphatic carboxylic acids is 1. The molecule has 0 unspecified atom stereocenters. The fourth-order valence-corrected chi connectivity index (χ4v) is 7.58. The third-order valence-corrected chi connectivity index (χ3v) is 10.2. The maximum atomic E-state index is 13.4. The Balaban J connectivity index is 1.93. The van der Waals surface area contributed by atoms with E-state index in [2.05, 4.69) is 0 Å². The number of amides is 4. The molecule has 23 heteroatoms. The summed E-state index contributed by atoms with van der Waals surface area (Å²) < 4.78 is 106. The van der Waals surface area contributed by atoms with Crippen LogP contribution in [0, 0.1) is 0 Å². The molecule has 3 atom stereocenters. The summed E-state index contributed by atoms with van der Waals surface area (Å²) in [5.74, 6) is -7.95. The van der Waals surface area contributed by atoms with Gasteiger partial charge in [0, 0.05) is 5.92 Å². The molecule has 1 aliphatic rings. The molecule has 0 saturated heterocycles. The molecule has 0 saturated carbocycles. The van der Waals surface area contributed by atoms with Crippen LogP contribution in [-0.2, 0) is 54.8 Å². The summed E-state index contributed by atoms with van der Waals surface area (Å²) in [6, 6.07) is 6.33. The molecule has 2 aromatic rings. The number of nitrogens with one attached hydrogen (secondary N) is 1. The summed E-state index contributed by atoms with van der Waals surface area (Å²) in [5, 5.41) is 10.4. The van der Waals surface area contributed by atoms with Gasteiger partial charge in [-0.1, -0.05) is 48.5 Å². The van der Waals surface area contributed by atoms with Gasteiger partial charge in [-0.25, -0.2) is 13.4 Å². The molecule has 0 spiro atoms. The van der Waals surface area contributed by atoms with Crippen molar-refractivity contribution in [1.29, 1.82) is 0 Å². The van der Waals surface area contributed by atoms with Crippen LogP contribution >= 0.6 is 0 Å². The quantitative estimate of drug-likeness (QED) is 0.164. The Morgan fingerprint density at radius 1 is 0.694 bits per heavy atom. The van der Waals surface area contributed by atoms with Crippen molar-refractivity contribution >= 4 is 60.7 Å². The molecule has 0 radical (unpaired) electrons. The largest absolute Gasteiger partial charge is 0.480 e. The summed E-state index contributed by atoms with van der Waals surface area (Å²) in [6.07, 6.45) is -1.90. The number of hydrogen-bond acceptors (Lipinski definition) is 12. The predicted molar refractivity (Wildman–Crippen MR) is 164 cm³/mol. The first-order valence-corrected chi connectivity index (χ1v) is 17.9. The number of ether oxygens (including phenoxy) is 1. The monoisotopic (exact) mass is 750 g/mol. The van der Waals surface area contributed by atoms with Gasteiger partial charge in [0.2, 0.25) is 5.91 Å². The summed E-state index contributed by atoms with van der Waals surface area (Å²) in [5.41, 5.74) is 2.92. The molecule has 268 valence electrons. The highest BCUT2D eigenvalue weighted by molar-refractivity contribution is 7.84. The van der Waals surface area contributed by atoms with Gasteiger partial charge in [0.25, 0.3) is 11.8 Å². The molecule has 49 heavy (non-hydrogen) atoms. The van der Waals surface area contributed by atoms with Gasteiger partial charge in [0.1, 0.15) is 31.3 Å². The summed E-state index contributed by atoms with van der Waals surface area (Å²) >= 11 is 0. The minimum atomic E-state index is -5.97. The van der Waals surface area contributed by atoms with Crippen molar-refractivity contribution in [2.45, 2.75) is 44.8 Å². The van der Waals surface area contributed by atoms with Gasteiger partial charge < -0.3 is 15.2 Å². The van der Waals surface area contributed by atoms with Crippen molar-refractivity contribution in [2.75, 3.05) is 13.2 Å². The number of carboxylic acids is 1. The molecule has 2 aromatic carbocycles. The summed E-state index contributed by atoms with van der Waals surface area (Å²) in [6.45, 7) is 0.0544. The molecule has 0 fully saturated rings. The van der Waals surface area contributed by atoms with E-state index >= 15 is 0 Å². The summed E-state index contributed by atoms with van der Waals surface area (Å²) in [7, 11) is -17.5. The Kier molecular flexibility index (Phi) is 11.4. The first-order valence-electron chi connectivity index (χ1n) is 13.7. The molecule has 0 aromatic heterocycles. The zero-order chi connectivity index (χ0) is 37.2. The molecule has 0 heterocycles. The van der Waals surface area contributed by atoms with Crippen molar-refractivity contribution in [3.05, 3.63) is 59.7 Å². The van der Waals surface area contributed by atoms with Gasteiger partial charge in [-0.3, -0.25) is 32.8 Å². The van der Waals surface area contributed by atoms with Crippen LogP contribution in [0.25, 0.3) is 11.1 Å². The van der Waals surface area contributed by atoms with E-state index in [-0.39, 0.29) is 0 Å². The van der Waals surface area contributed by atoms with E-state index in [0.717, 1.165) is 11.1 Å². The lowest BCUT2D eigenvalue weighted by atomic mass is 9.98. The van der Waals surface area contributed by atoms with E-state index in [1.165, 1.54) is 0 Å². The molecule has 4 amide bonds. The van der Waals surface area contributed by atoms with E-state index in [0.29, 0.717) is 31.9 Å². The Morgan fingerprint density at radius 3 is 1.49 bits per heavy atom. The number of nitrogens with zero attached hydrogens (tertiary/aromatic N) is 3. The van der Waals surface area contributed by atoms with E-state index < -0.39 is 111 Å². The fourth-order valence-electron chi connectivity index (χ4n) is 5.10. The molecule has 1 aliphatic carbocycles. The molecule has 20 nitrogen and oxygen atoms in total. The van der Waals surface area contributed by atoms with Gasteiger partial charge in [0.05, 0.1) is 0 Å². The lowest BCUT2D eigenvalue weighted by Gasteiger charge is -2.33. The van der Waals surface area contributed by atoms with Crippen LogP contribution in [0.2, 0.25) is 0 Å². The predicted octanol–water partition coefficient (Wildman–Crippen LogP) is -0.331. The van der Waals surface area contributed by atoms with E-state index in [9.17, 15) is 62.9 Å². The lowest BCUT2D eigenvalue weighted by Crippen LogP contribution is -2.60. The number of rotatable bonds is 13. The third kappa shape index (κ3) is 8.49. The minimum absolute atomic E-state index is 0.478. The first kappa shape index (κ1) is 38.8. The second kappa shape index (κ2) is 14.4. The van der Waals surface area contributed by atoms with Gasteiger partial charge in [-0.2, -0.15) is 29.6 Å². The summed E-state index contributed by atoms with van der Waals surface area (Å²) in [4.78, 5) is 62.8. The third-order valence-electron chi connectivity index (χ3n) is 7.26. The topological polar surface area (TPSA) is 300 Å². The Hall–Kier alpha value is -4.68. The van der Waals surface area contributed by atoms with Gasteiger partial charge in [0.15, 0.2) is 0 Å². The van der Waals surface area contributed by atoms with Crippen molar-refractivity contribution in [3.8, 4) is 11.1 Å². The number of carbonyl (C=O) groups is 5. The van der Waals surface area contributed by atoms with Crippen molar-refractivity contribution in [3.63, 3.8) is 0 Å². The Bertz CT molecular complexity index is 1960. The highest BCUT2D eigenvalue weighted by atomic mass is 32.2. The van der Waals surface area contributed by atoms with Crippen LogP contribution in [0.15, 0.2) is 48.5 Å². The first-order chi connectivity index (χ1) is 22.5. The molecule has 3 rings (SSSR count). The molecule has 0 aliphatic heterocycles. The highest BCUT2D eigenvalue weighted by Crippen LogP contribution is 2.44. The second-order valence-electron chi connectivity index (χ2n) is 10.4. The van der Waals surface area contributed by atoms with Gasteiger partial charge in [-0.15, -0.1) is 0 Å². The molecule has 0 bridgehead atoms. The number of hydrogen-bond donors (Lipinski definition) is 5. The van der Waals surface area contributed by atoms with Gasteiger partial charge in [-0.05, 0) is 43.0 Å². The number of fused-ring (bicyclic) bond motifs is 3. The Labute approximate surface area is 279 Å². The number of carboxylic acid groups (broad SMARTS) is 1. The Morgan fingerprint density at radius 2 is 1.08 bits per heavy atom. The average Bonchev–Trinajstić information content (AvgIpc) is 3.30. The maximum Gasteiger partial charge on any atom is 0.426 e. The second-order valence-corrected chi connectivity index (χ2v) is 14.3. The standard InChI is InChI=1S/C26H30N4O16S3/c1-14(23(33)27-12-22(31)32)28(47(37,38)39)24(34)15(2)29(48(40,41)42)25(35)16(3)30(49(43,44)45)26(36)46-13-21-19-10-6-4-8-17(19)18-9-5-7-11-20(18)21/h4-11,14-16,21H,12-13H2,1-3H3,(H,27,33)(H,31,32)(H,37,38,39)(H,40,41,42)(H,43,44,45)/t14-,15-,16-/m1/s1. The zero-order valence-electron chi connectivity index (χ0n) is 25.6. The van der Waals surface area contributed by atoms with Crippen molar-refractivity contribution in [1.82, 2.24) is 18.2 Å². The normalized spacial score (nSPS) is 14.7. The van der Waals surface area contributed by atoms with Crippen LogP contribution in [0.1, 0.15) is 37.8 Å². The van der Waals surface area contributed by atoms with E-state index in [1.807, 2.05) is 0 Å². The van der Waals surface area contributed by atoms with Crippen LogP contribution < -0.4 is 5.32 Å². The maximum absolute atomic E-state index is 13.4. The van der Waals surface area contributed by atoms with Crippen LogP contribution in [0.5, 0.6) is 0 Å². The van der Waals surface area contributed by atoms with Crippen LogP contribution in [0.4, 0.5) is 4.79 Å². The molecular formula is C26H30N4O16S3. The average molecular weight is 751 g/mol.